The molecule has 7 heteroatoms. The third-order valence-electron chi connectivity index (χ3n) is 2.16. The van der Waals surface area contributed by atoms with Gasteiger partial charge in [-0.1, -0.05) is 0 Å². The number of nitrogens with one attached hydrogen (secondary N) is 1. The molecule has 1 aromatic heterocycles. The Kier molecular flexibility index (Phi) is 5.33. The van der Waals surface area contributed by atoms with Crippen molar-refractivity contribution in [3.05, 3.63) is 17.6 Å². The van der Waals surface area contributed by atoms with E-state index in [0.717, 1.165) is 5.56 Å². The topological polar surface area (TPSA) is 47.0 Å². The summed E-state index contributed by atoms with van der Waals surface area (Å²) in [6.07, 6.45) is -3.46. The highest BCUT2D eigenvalue weighted by Gasteiger charge is 2.26. The monoisotopic (exact) mass is 263 g/mol. The lowest BCUT2D eigenvalue weighted by Crippen LogP contribution is -2.13. The summed E-state index contributed by atoms with van der Waals surface area (Å²) in [5.74, 6) is 0.875. The molecule has 0 radical (unpaired) electrons. The second-order valence-corrected chi connectivity index (χ2v) is 3.85. The summed E-state index contributed by atoms with van der Waals surface area (Å²) in [5, 5.41) is 2.92. The van der Waals surface area contributed by atoms with Gasteiger partial charge in [0.1, 0.15) is 5.82 Å². The Balaban J connectivity index is 2.52. The fourth-order valence-corrected chi connectivity index (χ4v) is 1.35. The molecule has 0 saturated heterocycles. The van der Waals surface area contributed by atoms with E-state index in [1.807, 2.05) is 0 Å². The van der Waals surface area contributed by atoms with Gasteiger partial charge in [-0.2, -0.15) is 18.2 Å². The average molecular weight is 263 g/mol. The van der Waals surface area contributed by atoms with Crippen LogP contribution in [0, 0.1) is 6.92 Å². The summed E-state index contributed by atoms with van der Waals surface area (Å²) in [5.41, 5.74) is 0.732. The SMILES string of the molecule is CNCc1cnc(C)nc1OCCCC(F)(F)F. The van der Waals surface area contributed by atoms with E-state index in [0.29, 0.717) is 18.2 Å². The summed E-state index contributed by atoms with van der Waals surface area (Å²) >= 11 is 0. The fourth-order valence-electron chi connectivity index (χ4n) is 1.35. The van der Waals surface area contributed by atoms with Crippen molar-refractivity contribution in [1.29, 1.82) is 0 Å². The molecule has 1 aromatic rings. The van der Waals surface area contributed by atoms with Gasteiger partial charge in [0.25, 0.3) is 0 Å². The Bertz CT molecular complexity index is 382. The van der Waals surface area contributed by atoms with Crippen molar-refractivity contribution >= 4 is 0 Å². The molecule has 0 fully saturated rings. The van der Waals surface area contributed by atoms with E-state index in [1.54, 1.807) is 20.2 Å². The quantitative estimate of drug-likeness (QED) is 0.799. The smallest absolute Gasteiger partial charge is 0.389 e. The summed E-state index contributed by atoms with van der Waals surface area (Å²) in [6, 6.07) is 0. The number of ether oxygens (including phenoxy) is 1. The first-order chi connectivity index (χ1) is 8.42. The first-order valence-electron chi connectivity index (χ1n) is 5.59. The zero-order valence-corrected chi connectivity index (χ0v) is 10.3. The zero-order chi connectivity index (χ0) is 13.6. The molecular weight excluding hydrogens is 247 g/mol. The van der Waals surface area contributed by atoms with Crippen molar-refractivity contribution in [2.75, 3.05) is 13.7 Å². The molecule has 0 spiro atoms. The van der Waals surface area contributed by atoms with Crippen LogP contribution in [0.5, 0.6) is 5.88 Å². The lowest BCUT2D eigenvalue weighted by atomic mass is 10.3. The highest BCUT2D eigenvalue weighted by molar-refractivity contribution is 5.23. The van der Waals surface area contributed by atoms with Gasteiger partial charge in [-0.25, -0.2) is 4.98 Å². The van der Waals surface area contributed by atoms with Gasteiger partial charge >= 0.3 is 6.18 Å². The van der Waals surface area contributed by atoms with E-state index in [1.165, 1.54) is 0 Å². The van der Waals surface area contributed by atoms with Gasteiger partial charge in [-0.15, -0.1) is 0 Å². The van der Waals surface area contributed by atoms with Crippen LogP contribution in [0.2, 0.25) is 0 Å². The van der Waals surface area contributed by atoms with Crippen molar-refractivity contribution in [2.24, 2.45) is 0 Å². The zero-order valence-electron chi connectivity index (χ0n) is 10.3. The molecule has 0 aliphatic carbocycles. The largest absolute Gasteiger partial charge is 0.477 e. The van der Waals surface area contributed by atoms with Gasteiger partial charge in [0.15, 0.2) is 0 Å². The van der Waals surface area contributed by atoms with E-state index < -0.39 is 12.6 Å². The average Bonchev–Trinajstić information content (AvgIpc) is 2.27. The molecule has 0 unspecified atom stereocenters. The van der Waals surface area contributed by atoms with Gasteiger partial charge in [0.2, 0.25) is 5.88 Å². The first-order valence-corrected chi connectivity index (χ1v) is 5.59. The van der Waals surface area contributed by atoms with Crippen LogP contribution in [-0.2, 0) is 6.54 Å². The minimum atomic E-state index is -4.14. The second kappa shape index (κ2) is 6.53. The predicted molar refractivity (Wildman–Crippen MR) is 60.3 cm³/mol. The van der Waals surface area contributed by atoms with Crippen LogP contribution < -0.4 is 10.1 Å². The number of aryl methyl sites for hydroxylation is 1. The normalized spacial score (nSPS) is 11.6. The number of rotatable bonds is 6. The van der Waals surface area contributed by atoms with E-state index >= 15 is 0 Å². The molecule has 0 bridgehead atoms. The number of halogens is 3. The fraction of sp³-hybridized carbons (Fsp3) is 0.636. The number of aromatic nitrogens is 2. The minimum absolute atomic E-state index is 0.00726. The second-order valence-electron chi connectivity index (χ2n) is 3.85. The lowest BCUT2D eigenvalue weighted by Gasteiger charge is -2.11. The molecular formula is C11H16F3N3O. The number of alkyl halides is 3. The maximum absolute atomic E-state index is 12.0. The van der Waals surface area contributed by atoms with E-state index in [2.05, 4.69) is 15.3 Å². The predicted octanol–water partition coefficient (Wildman–Crippen LogP) is 2.23. The number of nitrogens with zero attached hydrogens (tertiary/aromatic N) is 2. The Morgan fingerprint density at radius 2 is 2.11 bits per heavy atom. The van der Waals surface area contributed by atoms with E-state index in [9.17, 15) is 13.2 Å². The Morgan fingerprint density at radius 3 is 2.72 bits per heavy atom. The van der Waals surface area contributed by atoms with Crippen molar-refractivity contribution in [3.63, 3.8) is 0 Å². The summed E-state index contributed by atoms with van der Waals surface area (Å²) in [7, 11) is 1.76. The van der Waals surface area contributed by atoms with Crippen LogP contribution >= 0.6 is 0 Å². The van der Waals surface area contributed by atoms with Crippen LogP contribution in [0.25, 0.3) is 0 Å². The molecule has 0 amide bonds. The number of hydrogen-bond donors (Lipinski definition) is 1. The van der Waals surface area contributed by atoms with Crippen molar-refractivity contribution < 1.29 is 17.9 Å². The molecule has 0 aliphatic rings. The molecule has 1 heterocycles. The summed E-state index contributed by atoms with van der Waals surface area (Å²) < 4.78 is 41.1. The summed E-state index contributed by atoms with van der Waals surface area (Å²) in [4.78, 5) is 8.09. The Morgan fingerprint density at radius 1 is 1.39 bits per heavy atom. The van der Waals surface area contributed by atoms with Crippen molar-refractivity contribution in [1.82, 2.24) is 15.3 Å². The van der Waals surface area contributed by atoms with E-state index in [4.69, 9.17) is 4.74 Å². The molecule has 0 saturated carbocycles. The molecule has 4 nitrogen and oxygen atoms in total. The third-order valence-corrected chi connectivity index (χ3v) is 2.16. The van der Waals surface area contributed by atoms with Crippen LogP contribution in [0.15, 0.2) is 6.20 Å². The van der Waals surface area contributed by atoms with Gasteiger partial charge in [0.05, 0.1) is 6.61 Å². The highest BCUT2D eigenvalue weighted by Crippen LogP contribution is 2.22. The molecule has 0 atom stereocenters. The number of hydrogen-bond acceptors (Lipinski definition) is 4. The maximum Gasteiger partial charge on any atom is 0.389 e. The lowest BCUT2D eigenvalue weighted by molar-refractivity contribution is -0.136. The standard InChI is InChI=1S/C11H16F3N3O/c1-8-16-7-9(6-15-2)10(17-8)18-5-3-4-11(12,13)14/h7,15H,3-6H2,1-2H3. The van der Waals surface area contributed by atoms with Crippen LogP contribution in [0.3, 0.4) is 0 Å². The van der Waals surface area contributed by atoms with Crippen molar-refractivity contribution in [2.45, 2.75) is 32.5 Å². The van der Waals surface area contributed by atoms with E-state index in [-0.39, 0.29) is 13.0 Å². The molecule has 1 rings (SSSR count). The Hall–Kier alpha value is -1.37. The van der Waals surface area contributed by atoms with Gasteiger partial charge in [0, 0.05) is 24.7 Å². The third kappa shape index (κ3) is 5.31. The maximum atomic E-state index is 12.0. The van der Waals surface area contributed by atoms with Gasteiger partial charge < -0.3 is 10.1 Å². The molecule has 102 valence electrons. The molecule has 18 heavy (non-hydrogen) atoms. The molecule has 0 aromatic carbocycles. The van der Waals surface area contributed by atoms with Crippen molar-refractivity contribution in [3.8, 4) is 5.88 Å². The minimum Gasteiger partial charge on any atom is -0.477 e. The highest BCUT2D eigenvalue weighted by atomic mass is 19.4. The van der Waals surface area contributed by atoms with Gasteiger partial charge in [-0.05, 0) is 20.4 Å². The first kappa shape index (κ1) is 14.7. The van der Waals surface area contributed by atoms with Crippen LogP contribution in [0.4, 0.5) is 13.2 Å². The van der Waals surface area contributed by atoms with Crippen LogP contribution in [-0.4, -0.2) is 29.8 Å². The Labute approximate surface area is 104 Å². The summed E-state index contributed by atoms with van der Waals surface area (Å²) in [6.45, 7) is 2.20. The van der Waals surface area contributed by atoms with Crippen LogP contribution in [0.1, 0.15) is 24.2 Å². The van der Waals surface area contributed by atoms with Gasteiger partial charge in [-0.3, -0.25) is 0 Å². The molecule has 1 N–H and O–H groups in total. The molecule has 0 aliphatic heterocycles.